The number of piperidine rings is 1. The maximum Gasteiger partial charge on any atom is 0.240 e. The van der Waals surface area contributed by atoms with Crippen molar-refractivity contribution in [1.29, 1.82) is 0 Å². The molecular weight excluding hydrogens is 391 g/mol. The minimum absolute atomic E-state index is 0.0619. The fraction of sp³-hybridized carbons (Fsp3) is 0.571. The summed E-state index contributed by atoms with van der Waals surface area (Å²) in [6, 6.07) is 4.38. The highest BCUT2D eigenvalue weighted by molar-refractivity contribution is 7.22. The quantitative estimate of drug-likeness (QED) is 0.606. The topological polar surface area (TPSA) is 74.3 Å². The van der Waals surface area contributed by atoms with Crippen LogP contribution in [-0.4, -0.2) is 47.9 Å². The molecule has 8 heteroatoms. The molecule has 2 N–H and O–H groups in total. The van der Waals surface area contributed by atoms with E-state index < -0.39 is 0 Å². The number of unbranched alkanes of at least 4 members (excludes halogenated alkanes) is 3. The summed E-state index contributed by atoms with van der Waals surface area (Å²) in [5, 5.41) is 6.31. The Morgan fingerprint density at radius 1 is 1.31 bits per heavy atom. The first-order valence-corrected chi connectivity index (χ1v) is 11.2. The Kier molecular flexibility index (Phi) is 7.94. The van der Waals surface area contributed by atoms with Crippen molar-refractivity contribution in [3.05, 3.63) is 24.0 Å². The first kappa shape index (κ1) is 21.6. The predicted molar refractivity (Wildman–Crippen MR) is 115 cm³/mol. The SMILES string of the molecule is CCCCCCNC(=O)C1CCCN(CC(=O)Nc2nc3ccc(F)cc3s2)C1. The number of fused-ring (bicyclic) bond motifs is 1. The Hall–Kier alpha value is -2.06. The maximum atomic E-state index is 13.3. The Morgan fingerprint density at radius 3 is 3.00 bits per heavy atom. The number of nitrogens with one attached hydrogen (secondary N) is 2. The molecule has 0 saturated carbocycles. The van der Waals surface area contributed by atoms with Gasteiger partial charge in [-0.1, -0.05) is 37.5 Å². The molecule has 2 aromatic rings. The number of aromatic nitrogens is 1. The molecule has 1 atom stereocenters. The summed E-state index contributed by atoms with van der Waals surface area (Å²) in [6.07, 6.45) is 6.31. The molecule has 3 rings (SSSR count). The lowest BCUT2D eigenvalue weighted by Crippen LogP contribution is -2.45. The lowest BCUT2D eigenvalue weighted by Gasteiger charge is -2.31. The van der Waals surface area contributed by atoms with Gasteiger partial charge in [0.2, 0.25) is 11.8 Å². The van der Waals surface area contributed by atoms with Gasteiger partial charge in [-0.2, -0.15) is 0 Å². The van der Waals surface area contributed by atoms with Crippen LogP contribution in [0.5, 0.6) is 0 Å². The number of benzene rings is 1. The molecule has 0 bridgehead atoms. The van der Waals surface area contributed by atoms with Crippen molar-refractivity contribution in [2.45, 2.75) is 45.4 Å². The molecule has 1 aliphatic rings. The van der Waals surface area contributed by atoms with Gasteiger partial charge in [0, 0.05) is 13.1 Å². The second-order valence-corrected chi connectivity index (χ2v) is 8.64. The van der Waals surface area contributed by atoms with Crippen LogP contribution >= 0.6 is 11.3 Å². The fourth-order valence-corrected chi connectivity index (χ4v) is 4.54. The average molecular weight is 421 g/mol. The van der Waals surface area contributed by atoms with Crippen LogP contribution in [0.3, 0.4) is 0 Å². The molecule has 1 aliphatic heterocycles. The number of anilines is 1. The van der Waals surface area contributed by atoms with Gasteiger partial charge >= 0.3 is 0 Å². The van der Waals surface area contributed by atoms with E-state index >= 15 is 0 Å². The van der Waals surface area contributed by atoms with Gasteiger partial charge in [-0.25, -0.2) is 9.37 Å². The van der Waals surface area contributed by atoms with Crippen LogP contribution < -0.4 is 10.6 Å². The van der Waals surface area contributed by atoms with Crippen LogP contribution in [0, 0.1) is 11.7 Å². The van der Waals surface area contributed by atoms with Crippen LogP contribution in [0.15, 0.2) is 18.2 Å². The number of nitrogens with zero attached hydrogens (tertiary/aromatic N) is 2. The van der Waals surface area contributed by atoms with E-state index in [1.807, 2.05) is 4.90 Å². The molecule has 0 aliphatic carbocycles. The number of hydrogen-bond donors (Lipinski definition) is 2. The molecule has 0 spiro atoms. The van der Waals surface area contributed by atoms with E-state index in [-0.39, 0.29) is 30.1 Å². The van der Waals surface area contributed by atoms with Crippen molar-refractivity contribution in [2.75, 3.05) is 31.5 Å². The minimum Gasteiger partial charge on any atom is -0.356 e. The van der Waals surface area contributed by atoms with Gasteiger partial charge in [0.15, 0.2) is 5.13 Å². The normalized spacial score (nSPS) is 17.4. The summed E-state index contributed by atoms with van der Waals surface area (Å²) in [5.41, 5.74) is 0.667. The lowest BCUT2D eigenvalue weighted by atomic mass is 9.97. The number of thiazole rings is 1. The number of amides is 2. The van der Waals surface area contributed by atoms with E-state index in [0.29, 0.717) is 21.9 Å². The zero-order valence-electron chi connectivity index (χ0n) is 16.9. The van der Waals surface area contributed by atoms with Gasteiger partial charge in [0.05, 0.1) is 22.7 Å². The molecule has 29 heavy (non-hydrogen) atoms. The van der Waals surface area contributed by atoms with Crippen LogP contribution in [0.1, 0.15) is 45.4 Å². The number of halogens is 1. The predicted octanol–water partition coefficient (Wildman–Crippen LogP) is 3.78. The smallest absolute Gasteiger partial charge is 0.240 e. The molecule has 1 unspecified atom stereocenters. The van der Waals surface area contributed by atoms with Gasteiger partial charge in [-0.3, -0.25) is 14.5 Å². The lowest BCUT2D eigenvalue weighted by molar-refractivity contribution is -0.127. The molecular formula is C21H29FN4O2S. The Balaban J connectivity index is 1.45. The highest BCUT2D eigenvalue weighted by Gasteiger charge is 2.26. The standard InChI is InChI=1S/C21H29FN4O2S/c1-2-3-4-5-10-23-20(28)15-7-6-11-26(13-15)14-19(27)25-21-24-17-9-8-16(22)12-18(17)29-21/h8-9,12,15H,2-7,10-11,13-14H2,1H3,(H,23,28)(H,24,25,27). The average Bonchev–Trinajstić information content (AvgIpc) is 3.08. The summed E-state index contributed by atoms with van der Waals surface area (Å²) >= 11 is 1.26. The molecule has 2 heterocycles. The van der Waals surface area contributed by atoms with Gasteiger partial charge < -0.3 is 10.6 Å². The Bertz CT molecular complexity index is 841. The van der Waals surface area contributed by atoms with E-state index in [1.54, 1.807) is 6.07 Å². The van der Waals surface area contributed by atoms with Gasteiger partial charge in [0.1, 0.15) is 5.82 Å². The van der Waals surface area contributed by atoms with E-state index in [0.717, 1.165) is 38.8 Å². The fourth-order valence-electron chi connectivity index (χ4n) is 3.63. The summed E-state index contributed by atoms with van der Waals surface area (Å²) in [6.45, 7) is 4.53. The van der Waals surface area contributed by atoms with Crippen molar-refractivity contribution in [3.63, 3.8) is 0 Å². The Labute approximate surface area is 174 Å². The number of likely N-dealkylation sites (tertiary alicyclic amines) is 1. The monoisotopic (exact) mass is 420 g/mol. The number of hydrogen-bond acceptors (Lipinski definition) is 5. The zero-order valence-corrected chi connectivity index (χ0v) is 17.7. The summed E-state index contributed by atoms with van der Waals surface area (Å²) in [4.78, 5) is 31.2. The largest absolute Gasteiger partial charge is 0.356 e. The van der Waals surface area contributed by atoms with Crippen molar-refractivity contribution >= 4 is 38.5 Å². The van der Waals surface area contributed by atoms with E-state index in [4.69, 9.17) is 0 Å². The van der Waals surface area contributed by atoms with Crippen molar-refractivity contribution in [3.8, 4) is 0 Å². The summed E-state index contributed by atoms with van der Waals surface area (Å²) in [7, 11) is 0. The van der Waals surface area contributed by atoms with Gasteiger partial charge in [-0.05, 0) is 44.0 Å². The third-order valence-electron chi connectivity index (χ3n) is 5.17. The molecule has 0 radical (unpaired) electrons. The molecule has 158 valence electrons. The van der Waals surface area contributed by atoms with Crippen LogP contribution in [0.25, 0.3) is 10.2 Å². The summed E-state index contributed by atoms with van der Waals surface area (Å²) in [5.74, 6) is -0.444. The van der Waals surface area contributed by atoms with E-state index in [1.165, 1.54) is 36.3 Å². The number of rotatable bonds is 9. The highest BCUT2D eigenvalue weighted by atomic mass is 32.1. The highest BCUT2D eigenvalue weighted by Crippen LogP contribution is 2.26. The maximum absolute atomic E-state index is 13.3. The Morgan fingerprint density at radius 2 is 2.17 bits per heavy atom. The first-order chi connectivity index (χ1) is 14.0. The van der Waals surface area contributed by atoms with Crippen LogP contribution in [0.2, 0.25) is 0 Å². The number of carbonyl (C=O) groups excluding carboxylic acids is 2. The van der Waals surface area contributed by atoms with Crippen LogP contribution in [-0.2, 0) is 9.59 Å². The van der Waals surface area contributed by atoms with Gasteiger partial charge in [0.25, 0.3) is 0 Å². The molecule has 1 fully saturated rings. The number of carbonyl (C=O) groups is 2. The summed E-state index contributed by atoms with van der Waals surface area (Å²) < 4.78 is 14.0. The van der Waals surface area contributed by atoms with Crippen LogP contribution in [0.4, 0.5) is 9.52 Å². The zero-order chi connectivity index (χ0) is 20.6. The molecule has 6 nitrogen and oxygen atoms in total. The van der Waals surface area contributed by atoms with Crippen molar-refractivity contribution in [2.24, 2.45) is 5.92 Å². The van der Waals surface area contributed by atoms with Gasteiger partial charge in [-0.15, -0.1) is 0 Å². The molecule has 2 amide bonds. The molecule has 1 aromatic carbocycles. The van der Waals surface area contributed by atoms with Crippen molar-refractivity contribution < 1.29 is 14.0 Å². The third kappa shape index (κ3) is 6.47. The molecule has 1 aromatic heterocycles. The van der Waals surface area contributed by atoms with E-state index in [9.17, 15) is 14.0 Å². The van der Waals surface area contributed by atoms with Crippen molar-refractivity contribution in [1.82, 2.24) is 15.2 Å². The second-order valence-electron chi connectivity index (χ2n) is 7.61. The van der Waals surface area contributed by atoms with E-state index in [2.05, 4.69) is 22.5 Å². The first-order valence-electron chi connectivity index (χ1n) is 10.4. The minimum atomic E-state index is -0.318. The second kappa shape index (κ2) is 10.6. The molecule has 1 saturated heterocycles. The third-order valence-corrected chi connectivity index (χ3v) is 6.10.